The van der Waals surface area contributed by atoms with E-state index >= 15 is 0 Å². The molecule has 4 heteroatoms. The van der Waals surface area contributed by atoms with Crippen LogP contribution in [0.2, 0.25) is 0 Å². The third kappa shape index (κ3) is 6.41. The number of nitrogens with one attached hydrogen (secondary N) is 1. The molecular formula is C13H29NO2S. The van der Waals surface area contributed by atoms with Crippen LogP contribution in [0.4, 0.5) is 0 Å². The summed E-state index contributed by atoms with van der Waals surface area (Å²) in [7, 11) is -2.89. The van der Waals surface area contributed by atoms with E-state index in [1.807, 2.05) is 0 Å². The zero-order chi connectivity index (χ0) is 13.5. The van der Waals surface area contributed by atoms with Gasteiger partial charge in [-0.25, -0.2) is 8.42 Å². The molecule has 0 aromatic heterocycles. The van der Waals surface area contributed by atoms with E-state index in [4.69, 9.17) is 0 Å². The van der Waals surface area contributed by atoms with Crippen molar-refractivity contribution in [3.05, 3.63) is 0 Å². The van der Waals surface area contributed by atoms with E-state index in [2.05, 4.69) is 26.1 Å². The van der Waals surface area contributed by atoms with E-state index in [0.29, 0.717) is 17.7 Å². The molecule has 0 aromatic carbocycles. The molecule has 0 aromatic rings. The van der Waals surface area contributed by atoms with Crippen LogP contribution in [0, 0.1) is 5.92 Å². The molecule has 0 radical (unpaired) electrons. The normalized spacial score (nSPS) is 16.1. The summed E-state index contributed by atoms with van der Waals surface area (Å²) in [5.74, 6) is 0.775. The van der Waals surface area contributed by atoms with E-state index in [0.717, 1.165) is 25.8 Å². The lowest BCUT2D eigenvalue weighted by Crippen LogP contribution is -2.35. The van der Waals surface area contributed by atoms with Crippen molar-refractivity contribution < 1.29 is 8.42 Å². The molecule has 0 rings (SSSR count). The molecule has 0 aliphatic rings. The van der Waals surface area contributed by atoms with E-state index in [1.54, 1.807) is 13.8 Å². The highest BCUT2D eigenvalue weighted by Crippen LogP contribution is 2.16. The minimum absolute atomic E-state index is 0.251. The minimum atomic E-state index is -2.89. The molecule has 2 atom stereocenters. The smallest absolute Gasteiger partial charge is 0.152 e. The van der Waals surface area contributed by atoms with Gasteiger partial charge in [0.1, 0.15) is 0 Å². The lowest BCUT2D eigenvalue weighted by atomic mass is 9.95. The van der Waals surface area contributed by atoms with Gasteiger partial charge in [0.25, 0.3) is 0 Å². The Morgan fingerprint density at radius 2 is 1.71 bits per heavy atom. The Morgan fingerprint density at radius 3 is 2.12 bits per heavy atom. The maximum absolute atomic E-state index is 11.8. The van der Waals surface area contributed by atoms with Gasteiger partial charge >= 0.3 is 0 Å². The Labute approximate surface area is 107 Å². The molecular weight excluding hydrogens is 234 g/mol. The molecule has 0 saturated heterocycles. The van der Waals surface area contributed by atoms with Crippen LogP contribution in [-0.4, -0.2) is 32.0 Å². The van der Waals surface area contributed by atoms with Gasteiger partial charge < -0.3 is 5.32 Å². The average Bonchev–Trinajstić information content (AvgIpc) is 2.26. The standard InChI is InChI=1S/C13H29NO2S/c1-6-9-14-12(5)13(7-2)8-10-17(15,16)11(3)4/h11-14H,6-10H2,1-5H3. The van der Waals surface area contributed by atoms with Gasteiger partial charge in [-0.15, -0.1) is 0 Å². The van der Waals surface area contributed by atoms with Gasteiger partial charge in [-0.3, -0.25) is 0 Å². The van der Waals surface area contributed by atoms with E-state index in [-0.39, 0.29) is 5.25 Å². The van der Waals surface area contributed by atoms with Crippen LogP contribution in [0.3, 0.4) is 0 Å². The van der Waals surface area contributed by atoms with Gasteiger partial charge in [-0.05, 0) is 46.1 Å². The van der Waals surface area contributed by atoms with E-state index < -0.39 is 9.84 Å². The first-order valence-corrected chi connectivity index (χ1v) is 8.51. The fourth-order valence-corrected chi connectivity index (χ4v) is 3.00. The number of hydrogen-bond donors (Lipinski definition) is 1. The predicted molar refractivity (Wildman–Crippen MR) is 75.1 cm³/mol. The van der Waals surface area contributed by atoms with Crippen molar-refractivity contribution in [2.75, 3.05) is 12.3 Å². The second kappa shape index (κ2) is 8.09. The number of sulfone groups is 1. The van der Waals surface area contributed by atoms with Gasteiger partial charge in [-0.2, -0.15) is 0 Å². The summed E-state index contributed by atoms with van der Waals surface area (Å²) in [6, 6.07) is 0.405. The lowest BCUT2D eigenvalue weighted by Gasteiger charge is -2.24. The highest BCUT2D eigenvalue weighted by atomic mass is 32.2. The Morgan fingerprint density at radius 1 is 1.12 bits per heavy atom. The first kappa shape index (κ1) is 16.9. The molecule has 0 aliphatic carbocycles. The van der Waals surface area contributed by atoms with Crippen LogP contribution in [0.25, 0.3) is 0 Å². The zero-order valence-corrected chi connectivity index (χ0v) is 12.8. The van der Waals surface area contributed by atoms with Crippen molar-refractivity contribution in [2.45, 2.75) is 65.2 Å². The van der Waals surface area contributed by atoms with Crippen molar-refractivity contribution in [1.29, 1.82) is 0 Å². The third-order valence-electron chi connectivity index (χ3n) is 3.44. The van der Waals surface area contributed by atoms with Crippen molar-refractivity contribution in [3.63, 3.8) is 0 Å². The topological polar surface area (TPSA) is 46.2 Å². The number of rotatable bonds is 9. The quantitative estimate of drug-likeness (QED) is 0.695. The maximum atomic E-state index is 11.8. The molecule has 0 bridgehead atoms. The fourth-order valence-electron chi connectivity index (χ4n) is 1.90. The number of hydrogen-bond acceptors (Lipinski definition) is 3. The molecule has 17 heavy (non-hydrogen) atoms. The third-order valence-corrected chi connectivity index (χ3v) is 5.68. The van der Waals surface area contributed by atoms with E-state index in [9.17, 15) is 8.42 Å². The second-order valence-electron chi connectivity index (χ2n) is 5.12. The van der Waals surface area contributed by atoms with Gasteiger partial charge in [-0.1, -0.05) is 20.3 Å². The van der Waals surface area contributed by atoms with Crippen LogP contribution in [-0.2, 0) is 9.84 Å². The average molecular weight is 263 g/mol. The summed E-state index contributed by atoms with van der Waals surface area (Å²) in [4.78, 5) is 0. The Balaban J connectivity index is 4.23. The van der Waals surface area contributed by atoms with Crippen molar-refractivity contribution in [1.82, 2.24) is 5.32 Å². The molecule has 3 nitrogen and oxygen atoms in total. The summed E-state index contributed by atoms with van der Waals surface area (Å²) >= 11 is 0. The second-order valence-corrected chi connectivity index (χ2v) is 7.79. The highest BCUT2D eigenvalue weighted by molar-refractivity contribution is 7.91. The summed E-state index contributed by atoms with van der Waals surface area (Å²) in [5.41, 5.74) is 0. The van der Waals surface area contributed by atoms with Crippen LogP contribution in [0.5, 0.6) is 0 Å². The Kier molecular flexibility index (Phi) is 8.05. The molecule has 104 valence electrons. The van der Waals surface area contributed by atoms with E-state index in [1.165, 1.54) is 0 Å². The molecule has 0 heterocycles. The lowest BCUT2D eigenvalue weighted by molar-refractivity contribution is 0.355. The summed E-state index contributed by atoms with van der Waals surface area (Å²) in [6.07, 6.45) is 2.92. The first-order chi connectivity index (χ1) is 7.85. The van der Waals surface area contributed by atoms with Crippen LogP contribution in [0.1, 0.15) is 53.9 Å². The Bertz CT molecular complexity index is 286. The molecule has 0 fully saturated rings. The largest absolute Gasteiger partial charge is 0.314 e. The minimum Gasteiger partial charge on any atom is -0.314 e. The summed E-state index contributed by atoms with van der Waals surface area (Å²) in [6.45, 7) is 11.0. The van der Waals surface area contributed by atoms with Crippen molar-refractivity contribution in [3.8, 4) is 0 Å². The molecule has 0 saturated carbocycles. The van der Waals surface area contributed by atoms with Gasteiger partial charge in [0.2, 0.25) is 0 Å². The highest BCUT2D eigenvalue weighted by Gasteiger charge is 2.21. The summed E-state index contributed by atoms with van der Waals surface area (Å²) in [5, 5.41) is 3.20. The van der Waals surface area contributed by atoms with Crippen molar-refractivity contribution >= 4 is 9.84 Å². The molecule has 0 aliphatic heterocycles. The first-order valence-electron chi connectivity index (χ1n) is 6.80. The van der Waals surface area contributed by atoms with Gasteiger partial charge in [0.15, 0.2) is 9.84 Å². The molecule has 1 N–H and O–H groups in total. The van der Waals surface area contributed by atoms with Crippen LogP contribution < -0.4 is 5.32 Å². The van der Waals surface area contributed by atoms with Gasteiger partial charge in [0.05, 0.1) is 11.0 Å². The fraction of sp³-hybridized carbons (Fsp3) is 1.00. The molecule has 2 unspecified atom stereocenters. The molecule has 0 amide bonds. The monoisotopic (exact) mass is 263 g/mol. The van der Waals surface area contributed by atoms with Crippen molar-refractivity contribution in [2.24, 2.45) is 5.92 Å². The maximum Gasteiger partial charge on any atom is 0.152 e. The SMILES string of the molecule is CCCNC(C)C(CC)CCS(=O)(=O)C(C)C. The Hall–Kier alpha value is -0.0900. The molecule has 0 spiro atoms. The zero-order valence-electron chi connectivity index (χ0n) is 12.0. The van der Waals surface area contributed by atoms with Crippen LogP contribution in [0.15, 0.2) is 0 Å². The summed E-state index contributed by atoms with van der Waals surface area (Å²) < 4.78 is 23.5. The predicted octanol–water partition coefficient (Wildman–Crippen LogP) is 2.61. The van der Waals surface area contributed by atoms with Gasteiger partial charge in [0, 0.05) is 6.04 Å². The van der Waals surface area contributed by atoms with Crippen LogP contribution >= 0.6 is 0 Å².